The summed E-state index contributed by atoms with van der Waals surface area (Å²) in [5.74, 6) is -5.69. The van der Waals surface area contributed by atoms with Gasteiger partial charge in [-0.1, -0.05) is 18.2 Å². The average molecular weight is 612 g/mol. The van der Waals surface area contributed by atoms with Gasteiger partial charge in [0.15, 0.2) is 0 Å². The number of hydrogen-bond donors (Lipinski definition) is 8. The van der Waals surface area contributed by atoms with Gasteiger partial charge in [-0.05, 0) is 18.1 Å². The first kappa shape index (κ1) is 33.0. The predicted octanol–water partition coefficient (Wildman–Crippen LogP) is -0.826. The van der Waals surface area contributed by atoms with Gasteiger partial charge >= 0.3 is 11.9 Å². The number of nitrogens with zero attached hydrogens (tertiary/aromatic N) is 1. The number of aldehydes is 1. The first-order chi connectivity index (χ1) is 21.0. The SMILES string of the molecule is CC(=O)NC(Cc1c[nH]c2ccccc12)C(=O)N[C@@H](CCC(=O)O)C(=O)N[C@@H](Cc1cnc[nH]1)C(=O)N[C@H](C=O)CC(=O)O. The van der Waals surface area contributed by atoms with Crippen LogP contribution in [0.3, 0.4) is 0 Å². The van der Waals surface area contributed by atoms with Crippen LogP contribution in [0.25, 0.3) is 10.9 Å². The Morgan fingerprint density at radius 1 is 0.864 bits per heavy atom. The van der Waals surface area contributed by atoms with Crippen LogP contribution in [0.15, 0.2) is 43.0 Å². The van der Waals surface area contributed by atoms with Gasteiger partial charge in [0.25, 0.3) is 0 Å². The third-order valence-electron chi connectivity index (χ3n) is 6.57. The molecule has 0 aliphatic rings. The maximum Gasteiger partial charge on any atom is 0.305 e. The highest BCUT2D eigenvalue weighted by atomic mass is 16.4. The minimum absolute atomic E-state index is 0.0458. The Morgan fingerprint density at radius 2 is 1.52 bits per heavy atom. The molecule has 1 aromatic carbocycles. The summed E-state index contributed by atoms with van der Waals surface area (Å²) in [5, 5.41) is 28.8. The summed E-state index contributed by atoms with van der Waals surface area (Å²) in [5.41, 5.74) is 1.93. The summed E-state index contributed by atoms with van der Waals surface area (Å²) in [4.78, 5) is 95.3. The van der Waals surface area contributed by atoms with Gasteiger partial charge in [-0.3, -0.25) is 28.8 Å². The minimum atomic E-state index is -1.45. The molecule has 3 rings (SSSR count). The van der Waals surface area contributed by atoms with Crippen molar-refractivity contribution in [1.82, 2.24) is 36.2 Å². The molecule has 44 heavy (non-hydrogen) atoms. The van der Waals surface area contributed by atoms with E-state index in [0.717, 1.165) is 10.9 Å². The maximum absolute atomic E-state index is 13.4. The van der Waals surface area contributed by atoms with E-state index < -0.39 is 72.6 Å². The minimum Gasteiger partial charge on any atom is -0.481 e. The third kappa shape index (κ3) is 9.78. The molecule has 4 atom stereocenters. The molecule has 8 N–H and O–H groups in total. The molecule has 234 valence electrons. The number of rotatable bonds is 17. The maximum atomic E-state index is 13.4. The lowest BCUT2D eigenvalue weighted by molar-refractivity contribution is -0.140. The molecule has 2 heterocycles. The number of carboxylic acids is 2. The van der Waals surface area contributed by atoms with E-state index in [-0.39, 0.29) is 25.5 Å². The Bertz CT molecular complexity index is 1500. The number of nitrogens with one attached hydrogen (secondary N) is 6. The van der Waals surface area contributed by atoms with Crippen LogP contribution in [0.5, 0.6) is 0 Å². The number of aliphatic carboxylic acids is 2. The molecule has 0 aliphatic carbocycles. The third-order valence-corrected chi connectivity index (χ3v) is 6.57. The van der Waals surface area contributed by atoms with Gasteiger partial charge in [-0.15, -0.1) is 0 Å². The van der Waals surface area contributed by atoms with Gasteiger partial charge < -0.3 is 46.2 Å². The molecule has 2 aromatic heterocycles. The second-order valence-corrected chi connectivity index (χ2v) is 10.0. The van der Waals surface area contributed by atoms with Crippen LogP contribution >= 0.6 is 0 Å². The molecule has 0 radical (unpaired) electrons. The lowest BCUT2D eigenvalue weighted by Gasteiger charge is -2.25. The van der Waals surface area contributed by atoms with Crippen molar-refractivity contribution in [2.45, 2.75) is 63.2 Å². The highest BCUT2D eigenvalue weighted by Crippen LogP contribution is 2.19. The molecule has 0 spiro atoms. The van der Waals surface area contributed by atoms with Gasteiger partial charge in [0, 0.05) is 55.2 Å². The molecule has 0 saturated heterocycles. The summed E-state index contributed by atoms with van der Waals surface area (Å²) in [6, 6.07) is 1.98. The summed E-state index contributed by atoms with van der Waals surface area (Å²) in [7, 11) is 0. The monoisotopic (exact) mass is 611 g/mol. The number of carbonyl (C=O) groups excluding carboxylic acids is 5. The quantitative estimate of drug-likeness (QED) is 0.0880. The largest absolute Gasteiger partial charge is 0.481 e. The second-order valence-electron chi connectivity index (χ2n) is 10.0. The van der Waals surface area contributed by atoms with Crippen LogP contribution in [0.4, 0.5) is 0 Å². The molecular weight excluding hydrogens is 578 g/mol. The highest BCUT2D eigenvalue weighted by Gasteiger charge is 2.31. The zero-order chi connectivity index (χ0) is 32.2. The number of hydrogen-bond acceptors (Lipinski definition) is 8. The van der Waals surface area contributed by atoms with Crippen molar-refractivity contribution >= 4 is 52.8 Å². The smallest absolute Gasteiger partial charge is 0.305 e. The molecule has 0 fully saturated rings. The Kier molecular flexibility index (Phi) is 11.7. The van der Waals surface area contributed by atoms with Crippen molar-refractivity contribution in [3.63, 3.8) is 0 Å². The van der Waals surface area contributed by atoms with E-state index in [9.17, 15) is 38.7 Å². The molecule has 3 aromatic rings. The van der Waals surface area contributed by atoms with Crippen LogP contribution in [0, 0.1) is 0 Å². The number of carbonyl (C=O) groups is 7. The fraction of sp³-hybridized carbons (Fsp3) is 0.357. The highest BCUT2D eigenvalue weighted by molar-refractivity contribution is 5.95. The van der Waals surface area contributed by atoms with E-state index in [1.54, 1.807) is 6.20 Å². The van der Waals surface area contributed by atoms with Crippen LogP contribution in [-0.4, -0.2) is 91.2 Å². The van der Waals surface area contributed by atoms with Crippen molar-refractivity contribution in [3.05, 3.63) is 54.2 Å². The number of benzene rings is 1. The molecule has 1 unspecified atom stereocenters. The normalized spacial score (nSPS) is 13.6. The van der Waals surface area contributed by atoms with Gasteiger partial charge in [0.1, 0.15) is 24.4 Å². The molecule has 16 heteroatoms. The van der Waals surface area contributed by atoms with Crippen LogP contribution in [-0.2, 0) is 46.4 Å². The van der Waals surface area contributed by atoms with Crippen molar-refractivity contribution < 1.29 is 43.8 Å². The second kappa shape index (κ2) is 15.6. The van der Waals surface area contributed by atoms with Gasteiger partial charge in [-0.2, -0.15) is 0 Å². The van der Waals surface area contributed by atoms with Crippen molar-refractivity contribution in [3.8, 4) is 0 Å². The number of aromatic nitrogens is 3. The average Bonchev–Trinajstić information content (AvgIpc) is 3.63. The van der Waals surface area contributed by atoms with Crippen molar-refractivity contribution in [2.24, 2.45) is 0 Å². The topological polar surface area (TPSA) is 253 Å². The van der Waals surface area contributed by atoms with Crippen molar-refractivity contribution in [2.75, 3.05) is 0 Å². The Morgan fingerprint density at radius 3 is 2.16 bits per heavy atom. The zero-order valence-electron chi connectivity index (χ0n) is 23.7. The lowest BCUT2D eigenvalue weighted by Crippen LogP contribution is -2.58. The van der Waals surface area contributed by atoms with E-state index in [1.807, 2.05) is 24.3 Å². The van der Waals surface area contributed by atoms with E-state index >= 15 is 0 Å². The van der Waals surface area contributed by atoms with E-state index in [4.69, 9.17) is 5.11 Å². The lowest BCUT2D eigenvalue weighted by atomic mass is 10.0. The standard InChI is InChI=1S/C28H33N7O9/c1-15(37)32-22(8-16-11-30-20-5-3-2-4-19(16)20)28(44)34-21(6-7-24(38)39)26(42)35-23(9-17-12-29-14-31-17)27(43)33-18(13-36)10-25(40)41/h2-5,11-14,18,21-23,30H,6-10H2,1H3,(H,29,31)(H,32,37)(H,33,43)(H,34,44)(H,35,42)(H,38,39)(H,40,41)/t18-,21-,22?,23-/m0/s1. The summed E-state index contributed by atoms with van der Waals surface area (Å²) in [6.07, 6.45) is 2.96. The first-order valence-corrected chi connectivity index (χ1v) is 13.6. The Hall–Kier alpha value is -5.54. The molecule has 4 amide bonds. The summed E-state index contributed by atoms with van der Waals surface area (Å²) in [6.45, 7) is 1.22. The number of carboxylic acid groups (broad SMARTS) is 2. The number of para-hydroxylation sites is 1. The van der Waals surface area contributed by atoms with Crippen LogP contribution in [0.1, 0.15) is 37.4 Å². The first-order valence-electron chi connectivity index (χ1n) is 13.6. The van der Waals surface area contributed by atoms with Gasteiger partial charge in [0.05, 0.1) is 18.8 Å². The fourth-order valence-corrected chi connectivity index (χ4v) is 4.49. The number of aromatic amines is 2. The van der Waals surface area contributed by atoms with E-state index in [2.05, 4.69) is 36.2 Å². The molecular formula is C28H33N7O9. The Balaban J connectivity index is 1.82. The zero-order valence-corrected chi connectivity index (χ0v) is 23.7. The van der Waals surface area contributed by atoms with Crippen LogP contribution < -0.4 is 21.3 Å². The number of H-pyrrole nitrogens is 2. The summed E-state index contributed by atoms with van der Waals surface area (Å²) >= 11 is 0. The number of imidazole rings is 1. The number of amides is 4. The van der Waals surface area contributed by atoms with E-state index in [0.29, 0.717) is 11.3 Å². The number of fused-ring (bicyclic) bond motifs is 1. The Labute approximate surface area is 250 Å². The summed E-state index contributed by atoms with van der Waals surface area (Å²) < 4.78 is 0. The molecule has 0 saturated carbocycles. The molecule has 0 bridgehead atoms. The van der Waals surface area contributed by atoms with Crippen LogP contribution in [0.2, 0.25) is 0 Å². The fourth-order valence-electron chi connectivity index (χ4n) is 4.49. The van der Waals surface area contributed by atoms with Gasteiger partial charge in [0.2, 0.25) is 23.6 Å². The molecule has 16 nitrogen and oxygen atoms in total. The van der Waals surface area contributed by atoms with Crippen molar-refractivity contribution in [1.29, 1.82) is 0 Å². The molecule has 0 aliphatic heterocycles. The van der Waals surface area contributed by atoms with E-state index in [1.165, 1.54) is 19.4 Å². The van der Waals surface area contributed by atoms with Gasteiger partial charge in [-0.25, -0.2) is 4.98 Å². The predicted molar refractivity (Wildman–Crippen MR) is 153 cm³/mol.